The molecule has 2 amide bonds. The molecule has 1 aliphatic rings. The van der Waals surface area contributed by atoms with E-state index < -0.39 is 6.04 Å². The summed E-state index contributed by atoms with van der Waals surface area (Å²) in [7, 11) is 0. The maximum absolute atomic E-state index is 13.4. The minimum Gasteiger partial charge on any atom is -0.352 e. The fourth-order valence-corrected chi connectivity index (χ4v) is 5.50. The van der Waals surface area contributed by atoms with Crippen molar-refractivity contribution in [2.45, 2.75) is 69.0 Å². The number of benzene rings is 2. The van der Waals surface area contributed by atoms with E-state index in [1.165, 1.54) is 18.2 Å². The molecule has 1 saturated carbocycles. The first-order chi connectivity index (χ1) is 15.9. The van der Waals surface area contributed by atoms with E-state index in [0.717, 1.165) is 30.6 Å². The third-order valence-electron chi connectivity index (χ3n) is 5.90. The first-order valence-electron chi connectivity index (χ1n) is 11.3. The van der Waals surface area contributed by atoms with Gasteiger partial charge in [0, 0.05) is 38.1 Å². The minimum absolute atomic E-state index is 0.114. The van der Waals surface area contributed by atoms with E-state index in [4.69, 9.17) is 34.8 Å². The Labute approximate surface area is 215 Å². The third kappa shape index (κ3) is 7.54. The number of thioether (sulfide) groups is 1. The van der Waals surface area contributed by atoms with Gasteiger partial charge in [-0.1, -0.05) is 67.1 Å². The molecule has 33 heavy (non-hydrogen) atoms. The Kier molecular flexibility index (Phi) is 10.2. The van der Waals surface area contributed by atoms with Gasteiger partial charge in [-0.05, 0) is 55.7 Å². The summed E-state index contributed by atoms with van der Waals surface area (Å²) in [6.45, 7) is 2.10. The van der Waals surface area contributed by atoms with Gasteiger partial charge in [0.2, 0.25) is 11.8 Å². The van der Waals surface area contributed by atoms with Crippen molar-refractivity contribution in [3.63, 3.8) is 0 Å². The van der Waals surface area contributed by atoms with E-state index in [-0.39, 0.29) is 30.2 Å². The van der Waals surface area contributed by atoms with Crippen molar-refractivity contribution in [3.8, 4) is 0 Å². The number of nitrogens with one attached hydrogen (secondary N) is 1. The summed E-state index contributed by atoms with van der Waals surface area (Å²) >= 11 is 20.2. The van der Waals surface area contributed by atoms with Crippen LogP contribution in [0.1, 0.15) is 51.0 Å². The molecule has 1 atom stereocenters. The lowest BCUT2D eigenvalue weighted by atomic mass is 9.95. The summed E-state index contributed by atoms with van der Waals surface area (Å²) in [5.74, 6) is -0.0642. The Morgan fingerprint density at radius 2 is 1.67 bits per heavy atom. The number of hydrogen-bond acceptors (Lipinski definition) is 3. The molecular formula is C25H29Cl3N2O2S. The smallest absolute Gasteiger partial charge is 0.243 e. The van der Waals surface area contributed by atoms with E-state index in [9.17, 15) is 9.59 Å². The number of rotatable bonds is 9. The highest BCUT2D eigenvalue weighted by molar-refractivity contribution is 8.00. The van der Waals surface area contributed by atoms with Crippen LogP contribution in [0.15, 0.2) is 47.4 Å². The van der Waals surface area contributed by atoms with Crippen LogP contribution in [0.2, 0.25) is 15.1 Å². The second-order valence-corrected chi connectivity index (χ2v) is 10.5. The fourth-order valence-electron chi connectivity index (χ4n) is 4.08. The second-order valence-electron chi connectivity index (χ2n) is 8.23. The zero-order chi connectivity index (χ0) is 23.8. The van der Waals surface area contributed by atoms with Gasteiger partial charge in [-0.25, -0.2) is 0 Å². The summed E-state index contributed by atoms with van der Waals surface area (Å²) in [6, 6.07) is 12.2. The van der Waals surface area contributed by atoms with Crippen molar-refractivity contribution >= 4 is 58.4 Å². The van der Waals surface area contributed by atoms with Crippen LogP contribution < -0.4 is 5.32 Å². The van der Waals surface area contributed by atoms with Gasteiger partial charge in [-0.15, -0.1) is 11.8 Å². The van der Waals surface area contributed by atoms with Gasteiger partial charge < -0.3 is 10.2 Å². The molecule has 0 aromatic heterocycles. The molecule has 2 aromatic carbocycles. The first-order valence-corrected chi connectivity index (χ1v) is 13.4. The average Bonchev–Trinajstić information content (AvgIpc) is 2.81. The van der Waals surface area contributed by atoms with Gasteiger partial charge in [-0.3, -0.25) is 9.59 Å². The summed E-state index contributed by atoms with van der Waals surface area (Å²) < 4.78 is 0. The summed E-state index contributed by atoms with van der Waals surface area (Å²) in [6.07, 6.45) is 5.92. The molecule has 178 valence electrons. The molecule has 1 fully saturated rings. The van der Waals surface area contributed by atoms with Gasteiger partial charge in [0.15, 0.2) is 0 Å². The predicted octanol–water partition coefficient (Wildman–Crippen LogP) is 7.00. The summed E-state index contributed by atoms with van der Waals surface area (Å²) in [5, 5.41) is 4.78. The maximum Gasteiger partial charge on any atom is 0.243 e. The molecule has 0 saturated heterocycles. The van der Waals surface area contributed by atoms with Crippen molar-refractivity contribution in [2.75, 3.05) is 5.75 Å². The molecule has 0 aliphatic heterocycles. The Hall–Kier alpha value is -1.40. The molecule has 4 nitrogen and oxygen atoms in total. The Morgan fingerprint density at radius 1 is 1.03 bits per heavy atom. The highest BCUT2D eigenvalue weighted by atomic mass is 35.5. The summed E-state index contributed by atoms with van der Waals surface area (Å²) in [5.41, 5.74) is 0.648. The Balaban J connectivity index is 1.79. The monoisotopic (exact) mass is 526 g/mol. The number of halogens is 3. The molecule has 3 rings (SSSR count). The molecule has 1 N–H and O–H groups in total. The lowest BCUT2D eigenvalue weighted by molar-refractivity contribution is -0.139. The molecule has 2 aromatic rings. The number of carbonyl (C=O) groups excluding carboxylic acids is 2. The average molecular weight is 528 g/mol. The number of amides is 2. The van der Waals surface area contributed by atoms with Crippen LogP contribution in [0.25, 0.3) is 0 Å². The van der Waals surface area contributed by atoms with Gasteiger partial charge in [0.1, 0.15) is 6.04 Å². The number of nitrogens with zero attached hydrogens (tertiary/aromatic N) is 1. The first kappa shape index (κ1) is 26.2. The predicted molar refractivity (Wildman–Crippen MR) is 138 cm³/mol. The Morgan fingerprint density at radius 3 is 2.27 bits per heavy atom. The minimum atomic E-state index is -0.599. The second kappa shape index (κ2) is 12.9. The zero-order valence-corrected chi connectivity index (χ0v) is 21.7. The number of carbonyl (C=O) groups is 2. The van der Waals surface area contributed by atoms with Crippen molar-refractivity contribution in [1.29, 1.82) is 0 Å². The SMILES string of the molecule is CC[C@@H](C(=O)NC1CCCCC1)N(Cc1c(Cl)cccc1Cl)C(=O)CSc1ccc(Cl)cc1. The molecule has 0 bridgehead atoms. The van der Waals surface area contributed by atoms with E-state index in [1.54, 1.807) is 35.2 Å². The van der Waals surface area contributed by atoms with Gasteiger partial charge >= 0.3 is 0 Å². The molecule has 8 heteroatoms. The topological polar surface area (TPSA) is 49.4 Å². The van der Waals surface area contributed by atoms with Crippen LogP contribution in [-0.2, 0) is 16.1 Å². The van der Waals surface area contributed by atoms with E-state index in [0.29, 0.717) is 27.1 Å². The lowest BCUT2D eigenvalue weighted by Crippen LogP contribution is -2.52. The van der Waals surface area contributed by atoms with Crippen LogP contribution in [0.4, 0.5) is 0 Å². The third-order valence-corrected chi connectivity index (χ3v) is 7.86. The number of hydrogen-bond donors (Lipinski definition) is 1. The Bertz CT molecular complexity index is 929. The van der Waals surface area contributed by atoms with E-state index in [2.05, 4.69) is 5.32 Å². The van der Waals surface area contributed by atoms with Crippen LogP contribution >= 0.6 is 46.6 Å². The maximum atomic E-state index is 13.4. The van der Waals surface area contributed by atoms with Crippen LogP contribution in [-0.4, -0.2) is 34.6 Å². The van der Waals surface area contributed by atoms with Crippen molar-refractivity contribution < 1.29 is 9.59 Å². The summed E-state index contributed by atoms with van der Waals surface area (Å²) in [4.78, 5) is 29.2. The molecule has 0 heterocycles. The van der Waals surface area contributed by atoms with Crippen molar-refractivity contribution in [2.24, 2.45) is 0 Å². The highest BCUT2D eigenvalue weighted by Gasteiger charge is 2.31. The van der Waals surface area contributed by atoms with Crippen LogP contribution in [0, 0.1) is 0 Å². The van der Waals surface area contributed by atoms with Crippen molar-refractivity contribution in [3.05, 3.63) is 63.1 Å². The van der Waals surface area contributed by atoms with Gasteiger partial charge in [0.05, 0.1) is 5.75 Å². The highest BCUT2D eigenvalue weighted by Crippen LogP contribution is 2.28. The molecule has 0 unspecified atom stereocenters. The van der Waals surface area contributed by atoms with E-state index in [1.807, 2.05) is 19.1 Å². The normalized spacial score (nSPS) is 15.2. The van der Waals surface area contributed by atoms with Gasteiger partial charge in [0.25, 0.3) is 0 Å². The van der Waals surface area contributed by atoms with Crippen molar-refractivity contribution in [1.82, 2.24) is 10.2 Å². The standard InChI is InChI=1S/C25H29Cl3N2O2S/c1-2-23(25(32)29-18-7-4-3-5-8-18)30(15-20-21(27)9-6-10-22(20)28)24(31)16-33-19-13-11-17(26)12-14-19/h6,9-14,18,23H,2-5,7-8,15-16H2,1H3,(H,29,32)/t23-/m0/s1. The van der Waals surface area contributed by atoms with Crippen LogP contribution in [0.5, 0.6) is 0 Å². The fraction of sp³-hybridized carbons (Fsp3) is 0.440. The zero-order valence-electron chi connectivity index (χ0n) is 18.7. The largest absolute Gasteiger partial charge is 0.352 e. The molecule has 1 aliphatic carbocycles. The van der Waals surface area contributed by atoms with Crippen LogP contribution in [0.3, 0.4) is 0 Å². The molecule has 0 spiro atoms. The van der Waals surface area contributed by atoms with Gasteiger partial charge in [-0.2, -0.15) is 0 Å². The molecular weight excluding hydrogens is 499 g/mol. The molecule has 0 radical (unpaired) electrons. The lowest BCUT2D eigenvalue weighted by Gasteiger charge is -2.33. The van der Waals surface area contributed by atoms with E-state index >= 15 is 0 Å². The quantitative estimate of drug-likeness (QED) is 0.357.